The number of carbonyl (C=O) groups excluding carboxylic acids is 2. The molecule has 0 aliphatic carbocycles. The van der Waals surface area contributed by atoms with Crippen LogP contribution in [-0.4, -0.2) is 46.9 Å². The van der Waals surface area contributed by atoms with Crippen molar-refractivity contribution in [2.24, 2.45) is 0 Å². The molecule has 0 unspecified atom stereocenters. The largest absolute Gasteiger partial charge is 0.496 e. The molecule has 9 nitrogen and oxygen atoms in total. The average molecular weight is 543 g/mol. The highest BCUT2D eigenvalue weighted by atomic mass is 19.1. The number of halogens is 1. The predicted molar refractivity (Wildman–Crippen MR) is 139 cm³/mol. The third-order valence-corrected chi connectivity index (χ3v) is 5.88. The van der Waals surface area contributed by atoms with E-state index in [1.807, 2.05) is 30.3 Å². The Morgan fingerprint density at radius 2 is 1.49 bits per heavy atom. The van der Waals surface area contributed by atoms with Crippen molar-refractivity contribution >= 4 is 11.9 Å². The molecule has 0 radical (unpaired) electrons. The minimum absolute atomic E-state index is 0.0870. The predicted octanol–water partition coefficient (Wildman–Crippen LogP) is 5.30. The van der Waals surface area contributed by atoms with E-state index in [4.69, 9.17) is 33.2 Å². The molecule has 0 fully saturated rings. The molecule has 3 aromatic carbocycles. The summed E-state index contributed by atoms with van der Waals surface area (Å²) in [5, 5.41) is 0. The number of rotatable bonds is 12. The Labute approximate surface area is 226 Å². The molecular formula is C29H31FO9. The molecule has 0 N–H and O–H groups in total. The number of esters is 2. The number of benzene rings is 3. The van der Waals surface area contributed by atoms with Gasteiger partial charge in [-0.2, -0.15) is 4.39 Å². The zero-order valence-corrected chi connectivity index (χ0v) is 22.7. The molecule has 10 heteroatoms. The SMILES string of the molecule is COCOC(=O)c1c(C)c(C)c(OC(=O)c2c(C)cc(OCc3ccccc3)cc2OC)c(F)c1OCOC. The number of methoxy groups -OCH3 is 3. The van der Waals surface area contributed by atoms with Crippen LogP contribution in [0.5, 0.6) is 23.0 Å². The summed E-state index contributed by atoms with van der Waals surface area (Å²) in [5.74, 6) is -3.01. The van der Waals surface area contributed by atoms with E-state index in [0.717, 1.165) is 5.56 Å². The van der Waals surface area contributed by atoms with Gasteiger partial charge in [-0.1, -0.05) is 30.3 Å². The Balaban J connectivity index is 1.96. The van der Waals surface area contributed by atoms with Crippen LogP contribution in [0.3, 0.4) is 0 Å². The smallest absolute Gasteiger partial charge is 0.347 e. The first-order valence-electron chi connectivity index (χ1n) is 11.9. The third kappa shape index (κ3) is 6.84. The maximum atomic E-state index is 15.7. The van der Waals surface area contributed by atoms with E-state index >= 15 is 4.39 Å². The highest BCUT2D eigenvalue weighted by molar-refractivity contribution is 5.98. The van der Waals surface area contributed by atoms with Crippen molar-refractivity contribution in [1.82, 2.24) is 0 Å². The summed E-state index contributed by atoms with van der Waals surface area (Å²) in [4.78, 5) is 26.0. The van der Waals surface area contributed by atoms with E-state index in [2.05, 4.69) is 0 Å². The van der Waals surface area contributed by atoms with Gasteiger partial charge in [0.1, 0.15) is 29.2 Å². The Kier molecular flexibility index (Phi) is 10.2. The Morgan fingerprint density at radius 3 is 2.13 bits per heavy atom. The van der Waals surface area contributed by atoms with Crippen molar-refractivity contribution in [3.05, 3.63) is 81.7 Å². The van der Waals surface area contributed by atoms with E-state index in [9.17, 15) is 9.59 Å². The van der Waals surface area contributed by atoms with Crippen molar-refractivity contribution in [3.8, 4) is 23.0 Å². The quantitative estimate of drug-likeness (QED) is 0.171. The van der Waals surface area contributed by atoms with Crippen molar-refractivity contribution < 1.29 is 47.1 Å². The summed E-state index contributed by atoms with van der Waals surface area (Å²) < 4.78 is 52.6. The molecule has 3 rings (SSSR count). The summed E-state index contributed by atoms with van der Waals surface area (Å²) in [7, 11) is 4.08. The minimum atomic E-state index is -1.06. The summed E-state index contributed by atoms with van der Waals surface area (Å²) in [5.41, 5.74) is 1.87. The fraction of sp³-hybridized carbons (Fsp3) is 0.310. The maximum absolute atomic E-state index is 15.7. The van der Waals surface area contributed by atoms with Gasteiger partial charge in [0.2, 0.25) is 5.82 Å². The molecule has 0 aromatic heterocycles. The first kappa shape index (κ1) is 29.4. The Hall–Kier alpha value is -4.15. The minimum Gasteiger partial charge on any atom is -0.496 e. The summed E-state index contributed by atoms with van der Waals surface area (Å²) in [6, 6.07) is 12.8. The van der Waals surface area contributed by atoms with Crippen LogP contribution in [0, 0.1) is 26.6 Å². The second-order valence-electron chi connectivity index (χ2n) is 8.47. The van der Waals surface area contributed by atoms with Crippen LogP contribution in [0.1, 0.15) is 43.0 Å². The highest BCUT2D eigenvalue weighted by Gasteiger charge is 2.30. The number of carbonyl (C=O) groups is 2. The molecular weight excluding hydrogens is 511 g/mol. The lowest BCUT2D eigenvalue weighted by molar-refractivity contribution is -0.0134. The Morgan fingerprint density at radius 1 is 0.795 bits per heavy atom. The molecule has 0 amide bonds. The van der Waals surface area contributed by atoms with Gasteiger partial charge >= 0.3 is 11.9 Å². The van der Waals surface area contributed by atoms with Crippen LogP contribution in [-0.2, 0) is 20.8 Å². The molecule has 0 saturated carbocycles. The molecule has 0 atom stereocenters. The molecule has 0 aliphatic rings. The molecule has 3 aromatic rings. The van der Waals surface area contributed by atoms with Crippen molar-refractivity contribution in [1.29, 1.82) is 0 Å². The number of ether oxygens (including phenoxy) is 7. The number of hydrogen-bond donors (Lipinski definition) is 0. The zero-order valence-electron chi connectivity index (χ0n) is 22.7. The molecule has 0 bridgehead atoms. The lowest BCUT2D eigenvalue weighted by Gasteiger charge is -2.20. The van der Waals surface area contributed by atoms with Crippen molar-refractivity contribution in [3.63, 3.8) is 0 Å². The van der Waals surface area contributed by atoms with Gasteiger partial charge in [-0.3, -0.25) is 0 Å². The van der Waals surface area contributed by atoms with Gasteiger partial charge in [0.25, 0.3) is 0 Å². The summed E-state index contributed by atoms with van der Waals surface area (Å²) in [6.45, 7) is 4.36. The number of hydrogen-bond acceptors (Lipinski definition) is 9. The van der Waals surface area contributed by atoms with Gasteiger partial charge in [0.15, 0.2) is 25.1 Å². The molecule has 0 aliphatic heterocycles. The van der Waals surface area contributed by atoms with Gasteiger partial charge in [-0.05, 0) is 49.1 Å². The standard InChI is InChI=1S/C29H31FO9/c1-17-12-21(36-14-20-10-8-7-9-11-20)13-22(35-6)23(17)29(32)39-26-19(3)18(2)24(28(31)38-16-34-5)27(25(26)30)37-15-33-4/h7-13H,14-16H2,1-6H3. The van der Waals surface area contributed by atoms with E-state index in [0.29, 0.717) is 23.5 Å². The molecule has 0 heterocycles. The van der Waals surface area contributed by atoms with Crippen LogP contribution >= 0.6 is 0 Å². The van der Waals surface area contributed by atoms with Crippen LogP contribution in [0.25, 0.3) is 0 Å². The maximum Gasteiger partial charge on any atom is 0.347 e. The molecule has 0 saturated heterocycles. The second-order valence-corrected chi connectivity index (χ2v) is 8.47. The van der Waals surface area contributed by atoms with Gasteiger partial charge in [0.05, 0.1) is 7.11 Å². The monoisotopic (exact) mass is 542 g/mol. The van der Waals surface area contributed by atoms with E-state index in [1.165, 1.54) is 28.3 Å². The first-order chi connectivity index (χ1) is 18.7. The van der Waals surface area contributed by atoms with Crippen LogP contribution < -0.4 is 18.9 Å². The van der Waals surface area contributed by atoms with Crippen molar-refractivity contribution in [2.75, 3.05) is 34.9 Å². The summed E-state index contributed by atoms with van der Waals surface area (Å²) in [6.07, 6.45) is 0. The first-order valence-corrected chi connectivity index (χ1v) is 11.9. The van der Waals surface area contributed by atoms with E-state index < -0.39 is 29.3 Å². The zero-order chi connectivity index (χ0) is 28.5. The lowest BCUT2D eigenvalue weighted by atomic mass is 10.00. The van der Waals surface area contributed by atoms with Crippen LogP contribution in [0.2, 0.25) is 0 Å². The van der Waals surface area contributed by atoms with Gasteiger partial charge < -0.3 is 33.2 Å². The highest BCUT2D eigenvalue weighted by Crippen LogP contribution is 2.39. The van der Waals surface area contributed by atoms with Gasteiger partial charge in [0, 0.05) is 20.3 Å². The molecule has 0 spiro atoms. The Bertz CT molecular complexity index is 1320. The normalized spacial score (nSPS) is 10.6. The summed E-state index contributed by atoms with van der Waals surface area (Å²) >= 11 is 0. The number of aryl methyl sites for hydroxylation is 1. The third-order valence-electron chi connectivity index (χ3n) is 5.88. The van der Waals surface area contributed by atoms with E-state index in [1.54, 1.807) is 26.0 Å². The van der Waals surface area contributed by atoms with Crippen LogP contribution in [0.4, 0.5) is 4.39 Å². The topological polar surface area (TPSA) is 98.8 Å². The average Bonchev–Trinajstić information content (AvgIpc) is 2.94. The lowest BCUT2D eigenvalue weighted by Crippen LogP contribution is -2.18. The molecule has 39 heavy (non-hydrogen) atoms. The second kappa shape index (κ2) is 13.6. The molecule has 208 valence electrons. The van der Waals surface area contributed by atoms with E-state index in [-0.39, 0.29) is 36.0 Å². The van der Waals surface area contributed by atoms with Gasteiger partial charge in [-0.15, -0.1) is 0 Å². The fourth-order valence-corrected chi connectivity index (χ4v) is 3.82. The van der Waals surface area contributed by atoms with Crippen LogP contribution in [0.15, 0.2) is 42.5 Å². The fourth-order valence-electron chi connectivity index (χ4n) is 3.82. The van der Waals surface area contributed by atoms with Crippen molar-refractivity contribution in [2.45, 2.75) is 27.4 Å². The van der Waals surface area contributed by atoms with Gasteiger partial charge in [-0.25, -0.2) is 9.59 Å².